The van der Waals surface area contributed by atoms with Gasteiger partial charge in [-0.15, -0.1) is 0 Å². The van der Waals surface area contributed by atoms with Crippen molar-refractivity contribution in [3.8, 4) is 5.69 Å². The molecule has 0 fully saturated rings. The van der Waals surface area contributed by atoms with Crippen molar-refractivity contribution in [1.29, 1.82) is 0 Å². The van der Waals surface area contributed by atoms with Crippen LogP contribution in [0.2, 0.25) is 10.0 Å². The van der Waals surface area contributed by atoms with Crippen LogP contribution in [0.15, 0.2) is 46.0 Å². The Kier molecular flexibility index (Phi) is 6.25. The third-order valence-corrected chi connectivity index (χ3v) is 5.53. The molecular formula is C19H15Cl2FN4O3S. The van der Waals surface area contributed by atoms with Crippen molar-refractivity contribution in [3.63, 3.8) is 0 Å². The van der Waals surface area contributed by atoms with E-state index in [-0.39, 0.29) is 21.9 Å². The Morgan fingerprint density at radius 3 is 2.20 bits per heavy atom. The Morgan fingerprint density at radius 2 is 1.63 bits per heavy atom. The number of benzene rings is 2. The Bertz CT molecular complexity index is 1290. The lowest BCUT2D eigenvalue weighted by molar-refractivity contribution is 0.0951. The summed E-state index contributed by atoms with van der Waals surface area (Å²) in [6.07, 6.45) is 0. The fourth-order valence-corrected chi connectivity index (χ4v) is 3.26. The number of nitrogens with zero attached hydrogens (tertiary/aromatic N) is 3. The molecule has 0 aliphatic carbocycles. The average molecular weight is 469 g/mol. The van der Waals surface area contributed by atoms with Crippen molar-refractivity contribution in [2.45, 2.75) is 6.54 Å². The first-order chi connectivity index (χ1) is 14.1. The lowest BCUT2D eigenvalue weighted by Crippen LogP contribution is -2.44. The number of rotatable bonds is 4. The fourth-order valence-electron chi connectivity index (χ4n) is 2.74. The number of nitrogens with one attached hydrogen (secondary N) is 1. The van der Waals surface area contributed by atoms with Crippen LogP contribution < -0.4 is 16.7 Å². The van der Waals surface area contributed by atoms with E-state index in [0.717, 1.165) is 26.8 Å². The maximum Gasteiger partial charge on any atom is 0.338 e. The van der Waals surface area contributed by atoms with Crippen LogP contribution in [0.3, 0.4) is 0 Å². The Balaban J connectivity index is 2.04. The molecule has 0 atom stereocenters. The molecule has 0 bridgehead atoms. The maximum atomic E-state index is 14.6. The van der Waals surface area contributed by atoms with Crippen LogP contribution in [0.4, 0.5) is 4.39 Å². The van der Waals surface area contributed by atoms with E-state index in [1.807, 2.05) is 0 Å². The van der Waals surface area contributed by atoms with Crippen LogP contribution >= 0.6 is 35.4 Å². The number of hydrogen-bond acceptors (Lipinski definition) is 4. The van der Waals surface area contributed by atoms with E-state index in [2.05, 4.69) is 5.32 Å². The van der Waals surface area contributed by atoms with Gasteiger partial charge in [-0.2, -0.15) is 0 Å². The van der Waals surface area contributed by atoms with E-state index in [1.54, 1.807) is 24.3 Å². The molecule has 0 aliphatic heterocycles. The van der Waals surface area contributed by atoms with Gasteiger partial charge in [-0.3, -0.25) is 13.9 Å². The second-order valence-corrected chi connectivity index (χ2v) is 7.60. The highest BCUT2D eigenvalue weighted by Gasteiger charge is 2.20. The average Bonchev–Trinajstić information content (AvgIpc) is 2.71. The number of aromatic nitrogens is 3. The van der Waals surface area contributed by atoms with Gasteiger partial charge in [-0.1, -0.05) is 35.3 Å². The van der Waals surface area contributed by atoms with Gasteiger partial charge in [0.2, 0.25) is 0 Å². The first-order valence-electron chi connectivity index (χ1n) is 8.53. The van der Waals surface area contributed by atoms with Gasteiger partial charge in [0.1, 0.15) is 5.82 Å². The van der Waals surface area contributed by atoms with Crippen LogP contribution in [0.25, 0.3) is 5.69 Å². The minimum absolute atomic E-state index is 0.0310. The van der Waals surface area contributed by atoms with Crippen molar-refractivity contribution >= 4 is 41.3 Å². The molecule has 3 aromatic rings. The number of amides is 1. The largest absolute Gasteiger partial charge is 0.348 e. The summed E-state index contributed by atoms with van der Waals surface area (Å²) in [7, 11) is 2.71. The zero-order chi connectivity index (χ0) is 22.2. The van der Waals surface area contributed by atoms with Crippen molar-refractivity contribution in [1.82, 2.24) is 19.0 Å². The molecule has 2 aromatic carbocycles. The highest BCUT2D eigenvalue weighted by Crippen LogP contribution is 2.22. The van der Waals surface area contributed by atoms with Gasteiger partial charge in [0, 0.05) is 25.7 Å². The van der Waals surface area contributed by atoms with E-state index in [9.17, 15) is 18.8 Å². The Hall–Kier alpha value is -2.75. The zero-order valence-corrected chi connectivity index (χ0v) is 18.1. The molecule has 1 aromatic heterocycles. The van der Waals surface area contributed by atoms with Crippen molar-refractivity contribution in [2.24, 2.45) is 14.1 Å². The van der Waals surface area contributed by atoms with Gasteiger partial charge in [0.05, 0.1) is 16.3 Å². The van der Waals surface area contributed by atoms with E-state index >= 15 is 0 Å². The molecule has 30 heavy (non-hydrogen) atoms. The van der Waals surface area contributed by atoms with Crippen LogP contribution in [-0.4, -0.2) is 19.6 Å². The molecule has 7 nitrogen and oxygen atoms in total. The molecule has 0 aliphatic rings. The van der Waals surface area contributed by atoms with Gasteiger partial charge < -0.3 is 5.32 Å². The molecule has 0 saturated heterocycles. The van der Waals surface area contributed by atoms with E-state index in [4.69, 9.17) is 35.4 Å². The summed E-state index contributed by atoms with van der Waals surface area (Å²) in [5.41, 5.74) is -1.42. The summed E-state index contributed by atoms with van der Waals surface area (Å²) in [4.78, 5) is 37.7. The van der Waals surface area contributed by atoms with Crippen LogP contribution in [-0.2, 0) is 20.6 Å². The maximum absolute atomic E-state index is 14.6. The summed E-state index contributed by atoms with van der Waals surface area (Å²) >= 11 is 16.9. The highest BCUT2D eigenvalue weighted by molar-refractivity contribution is 7.71. The molecule has 0 unspecified atom stereocenters. The summed E-state index contributed by atoms with van der Waals surface area (Å²) in [6.45, 7) is 0.167. The quantitative estimate of drug-likeness (QED) is 0.597. The summed E-state index contributed by atoms with van der Waals surface area (Å²) in [5, 5.41) is 3.04. The van der Waals surface area contributed by atoms with Crippen LogP contribution in [0.5, 0.6) is 0 Å². The first-order valence-corrected chi connectivity index (χ1v) is 9.69. The second-order valence-electron chi connectivity index (χ2n) is 6.39. The van der Waals surface area contributed by atoms with Gasteiger partial charge in [0.15, 0.2) is 4.77 Å². The molecule has 1 amide bonds. The molecule has 1 N–H and O–H groups in total. The van der Waals surface area contributed by atoms with Crippen molar-refractivity contribution < 1.29 is 9.18 Å². The smallest absolute Gasteiger partial charge is 0.338 e. The Labute approximate surface area is 184 Å². The molecule has 0 spiro atoms. The second kappa shape index (κ2) is 8.55. The fraction of sp³-hybridized carbons (Fsp3) is 0.158. The molecule has 11 heteroatoms. The molecule has 1 heterocycles. The summed E-state index contributed by atoms with van der Waals surface area (Å²) in [6, 6.07) is 8.76. The number of hydrogen-bond donors (Lipinski definition) is 1. The van der Waals surface area contributed by atoms with Crippen LogP contribution in [0, 0.1) is 10.6 Å². The molecule has 3 rings (SSSR count). The molecular weight excluding hydrogens is 454 g/mol. The third-order valence-electron chi connectivity index (χ3n) is 4.42. The molecule has 156 valence electrons. The molecule has 0 saturated carbocycles. The van der Waals surface area contributed by atoms with Crippen molar-refractivity contribution in [2.75, 3.05) is 0 Å². The number of carbonyl (C=O) groups is 1. The summed E-state index contributed by atoms with van der Waals surface area (Å²) in [5.74, 6) is -1.55. The lowest BCUT2D eigenvalue weighted by Gasteiger charge is -2.13. The Morgan fingerprint density at radius 1 is 1.07 bits per heavy atom. The van der Waals surface area contributed by atoms with Gasteiger partial charge in [0.25, 0.3) is 5.91 Å². The van der Waals surface area contributed by atoms with Crippen LogP contribution in [0.1, 0.15) is 15.9 Å². The number of halogens is 3. The van der Waals surface area contributed by atoms with E-state index in [1.165, 1.54) is 14.1 Å². The van der Waals surface area contributed by atoms with Gasteiger partial charge >= 0.3 is 11.4 Å². The number of carbonyl (C=O) groups excluding carboxylic acids is 1. The van der Waals surface area contributed by atoms with Gasteiger partial charge in [-0.25, -0.2) is 18.5 Å². The third kappa shape index (κ3) is 4.09. The van der Waals surface area contributed by atoms with E-state index < -0.39 is 28.8 Å². The van der Waals surface area contributed by atoms with Gasteiger partial charge in [-0.05, 0) is 42.0 Å². The van der Waals surface area contributed by atoms with E-state index in [0.29, 0.717) is 9.59 Å². The van der Waals surface area contributed by atoms with Crippen molar-refractivity contribution in [3.05, 3.63) is 89.1 Å². The zero-order valence-electron chi connectivity index (χ0n) is 15.8. The minimum atomic E-state index is -0.939. The first kappa shape index (κ1) is 21.9. The minimum Gasteiger partial charge on any atom is -0.348 e. The SMILES string of the molecule is Cn1c(=S)n(C)c(=O)n(-c2cc(C(=O)NCc3ccc(Cl)cc3)c(Cl)cc2F)c1=O. The summed E-state index contributed by atoms with van der Waals surface area (Å²) < 4.78 is 17.2. The predicted molar refractivity (Wildman–Crippen MR) is 115 cm³/mol. The highest BCUT2D eigenvalue weighted by atomic mass is 35.5. The normalized spacial score (nSPS) is 10.8. The topological polar surface area (TPSA) is 78.0 Å². The molecule has 0 radical (unpaired) electrons. The monoisotopic (exact) mass is 468 g/mol. The lowest BCUT2D eigenvalue weighted by atomic mass is 10.1. The predicted octanol–water partition coefficient (Wildman–Crippen LogP) is 2.98. The standard InChI is InChI=1S/C19H15Cl2FN4O3S/c1-24-17(28)26(18(29)25(2)19(24)30)15-7-12(13(21)8-14(15)22)16(27)23-9-10-3-5-11(20)6-4-10/h3-8H,9H2,1-2H3,(H,23,27).